The van der Waals surface area contributed by atoms with Gasteiger partial charge in [0.05, 0.1) is 19.9 Å². The van der Waals surface area contributed by atoms with Gasteiger partial charge in [0.2, 0.25) is 0 Å². The third-order valence-corrected chi connectivity index (χ3v) is 4.08. The molecule has 2 aromatic carbocycles. The molecule has 1 N–H and O–H groups in total. The molecule has 5 nitrogen and oxygen atoms in total. The third-order valence-electron chi connectivity index (χ3n) is 4.08. The van der Waals surface area contributed by atoms with E-state index in [9.17, 15) is 4.79 Å². The highest BCUT2D eigenvalue weighted by Gasteiger charge is 2.20. The molecule has 0 saturated carbocycles. The highest BCUT2D eigenvalue weighted by Crippen LogP contribution is 2.29. The van der Waals surface area contributed by atoms with Gasteiger partial charge in [0, 0.05) is 6.07 Å². The molecule has 5 heteroatoms. The first-order valence-electron chi connectivity index (χ1n) is 8.25. The number of anilines is 1. The summed E-state index contributed by atoms with van der Waals surface area (Å²) in [7, 11) is 3.13. The summed E-state index contributed by atoms with van der Waals surface area (Å²) in [4.78, 5) is 12.6. The molecule has 1 unspecified atom stereocenters. The Morgan fingerprint density at radius 1 is 1.00 bits per heavy atom. The number of aryl methyl sites for hydroxylation is 2. The van der Waals surface area contributed by atoms with Gasteiger partial charge in [-0.2, -0.15) is 0 Å². The Morgan fingerprint density at radius 2 is 1.72 bits per heavy atom. The smallest absolute Gasteiger partial charge is 0.265 e. The average Bonchev–Trinajstić information content (AvgIpc) is 2.62. The number of hydrogen-bond donors (Lipinski definition) is 1. The van der Waals surface area contributed by atoms with Crippen molar-refractivity contribution in [1.82, 2.24) is 0 Å². The lowest BCUT2D eigenvalue weighted by Gasteiger charge is -2.19. The van der Waals surface area contributed by atoms with Crippen molar-refractivity contribution in [2.24, 2.45) is 0 Å². The van der Waals surface area contributed by atoms with Crippen LogP contribution in [0.1, 0.15) is 24.5 Å². The first-order valence-corrected chi connectivity index (χ1v) is 8.25. The SMILES string of the molecule is CCC(Oc1ccc(C)c(C)c1)C(=O)Nc1cc(OC)ccc1OC. The van der Waals surface area contributed by atoms with Crippen molar-refractivity contribution in [3.05, 3.63) is 47.5 Å². The Bertz CT molecular complexity index is 742. The van der Waals surface area contributed by atoms with E-state index >= 15 is 0 Å². The molecule has 0 aromatic heterocycles. The highest BCUT2D eigenvalue weighted by molar-refractivity contribution is 5.95. The number of carbonyl (C=O) groups is 1. The van der Waals surface area contributed by atoms with Gasteiger partial charge >= 0.3 is 0 Å². The van der Waals surface area contributed by atoms with E-state index in [1.807, 2.05) is 39.0 Å². The zero-order valence-corrected chi connectivity index (χ0v) is 15.4. The lowest BCUT2D eigenvalue weighted by atomic mass is 10.1. The molecule has 2 rings (SSSR count). The van der Waals surface area contributed by atoms with E-state index in [4.69, 9.17) is 14.2 Å². The van der Waals surface area contributed by atoms with Crippen LogP contribution in [0.25, 0.3) is 0 Å². The Hall–Kier alpha value is -2.69. The van der Waals surface area contributed by atoms with E-state index in [1.54, 1.807) is 32.4 Å². The minimum atomic E-state index is -0.599. The fourth-order valence-electron chi connectivity index (χ4n) is 2.40. The van der Waals surface area contributed by atoms with Gasteiger partial charge in [-0.1, -0.05) is 13.0 Å². The maximum atomic E-state index is 12.6. The molecule has 25 heavy (non-hydrogen) atoms. The summed E-state index contributed by atoms with van der Waals surface area (Å²) in [6, 6.07) is 11.1. The molecule has 0 fully saturated rings. The van der Waals surface area contributed by atoms with Gasteiger partial charge in [0.25, 0.3) is 5.91 Å². The number of benzene rings is 2. The van der Waals surface area contributed by atoms with Crippen molar-refractivity contribution in [2.45, 2.75) is 33.3 Å². The van der Waals surface area contributed by atoms with Gasteiger partial charge < -0.3 is 19.5 Å². The molecule has 0 saturated heterocycles. The molecule has 0 spiro atoms. The van der Waals surface area contributed by atoms with E-state index in [0.717, 1.165) is 5.56 Å². The van der Waals surface area contributed by atoms with E-state index in [-0.39, 0.29) is 5.91 Å². The summed E-state index contributed by atoms with van der Waals surface area (Å²) in [6.45, 7) is 5.97. The second-order valence-corrected chi connectivity index (χ2v) is 5.82. The lowest BCUT2D eigenvalue weighted by molar-refractivity contribution is -0.122. The Balaban J connectivity index is 2.15. The molecule has 0 aliphatic heterocycles. The van der Waals surface area contributed by atoms with E-state index < -0.39 is 6.10 Å². The summed E-state index contributed by atoms with van der Waals surface area (Å²) < 4.78 is 16.4. The van der Waals surface area contributed by atoms with Gasteiger partial charge in [0.1, 0.15) is 17.2 Å². The van der Waals surface area contributed by atoms with Crippen LogP contribution >= 0.6 is 0 Å². The first kappa shape index (κ1) is 18.6. The zero-order valence-electron chi connectivity index (χ0n) is 15.4. The van der Waals surface area contributed by atoms with Gasteiger partial charge in [-0.15, -0.1) is 0 Å². The van der Waals surface area contributed by atoms with Crippen LogP contribution < -0.4 is 19.5 Å². The topological polar surface area (TPSA) is 56.8 Å². The maximum Gasteiger partial charge on any atom is 0.265 e. The number of rotatable bonds is 7. The van der Waals surface area contributed by atoms with Gasteiger partial charge in [-0.25, -0.2) is 0 Å². The average molecular weight is 343 g/mol. The van der Waals surface area contributed by atoms with Crippen LogP contribution in [0.2, 0.25) is 0 Å². The standard InChI is InChI=1S/C20H25NO4/c1-6-18(25-16-8-7-13(2)14(3)11-16)20(22)21-17-12-15(23-4)9-10-19(17)24-5/h7-12,18H,6H2,1-5H3,(H,21,22). The van der Waals surface area contributed by atoms with Gasteiger partial charge in [0.15, 0.2) is 6.10 Å². The fourth-order valence-corrected chi connectivity index (χ4v) is 2.40. The predicted octanol–water partition coefficient (Wildman–Crippen LogP) is 4.12. The van der Waals surface area contributed by atoms with Crippen LogP contribution in [0.5, 0.6) is 17.2 Å². The predicted molar refractivity (Wildman–Crippen MR) is 98.8 cm³/mol. The van der Waals surface area contributed by atoms with Crippen LogP contribution in [-0.4, -0.2) is 26.2 Å². The molecular weight excluding hydrogens is 318 g/mol. The van der Waals surface area contributed by atoms with Crippen molar-refractivity contribution in [3.63, 3.8) is 0 Å². The molecule has 0 aliphatic rings. The van der Waals surface area contributed by atoms with E-state index in [1.165, 1.54) is 5.56 Å². The van der Waals surface area contributed by atoms with Crippen LogP contribution in [0.4, 0.5) is 5.69 Å². The zero-order chi connectivity index (χ0) is 18.4. The molecule has 0 heterocycles. The third kappa shape index (κ3) is 4.66. The number of ether oxygens (including phenoxy) is 3. The Kier molecular flexibility index (Phi) is 6.28. The number of amides is 1. The maximum absolute atomic E-state index is 12.6. The second-order valence-electron chi connectivity index (χ2n) is 5.82. The highest BCUT2D eigenvalue weighted by atomic mass is 16.5. The fraction of sp³-hybridized carbons (Fsp3) is 0.350. The van der Waals surface area contributed by atoms with Gasteiger partial charge in [-0.3, -0.25) is 4.79 Å². The minimum Gasteiger partial charge on any atom is -0.497 e. The lowest BCUT2D eigenvalue weighted by Crippen LogP contribution is -2.32. The largest absolute Gasteiger partial charge is 0.497 e. The van der Waals surface area contributed by atoms with Crippen molar-refractivity contribution < 1.29 is 19.0 Å². The molecule has 0 aliphatic carbocycles. The Labute approximate surface area is 148 Å². The van der Waals surface area contributed by atoms with Crippen LogP contribution in [0, 0.1) is 13.8 Å². The molecule has 134 valence electrons. The normalized spacial score (nSPS) is 11.6. The van der Waals surface area contributed by atoms with Crippen molar-refractivity contribution in [2.75, 3.05) is 19.5 Å². The summed E-state index contributed by atoms with van der Waals surface area (Å²) in [6.07, 6.45) is -0.0524. The second kappa shape index (κ2) is 8.42. The molecular formula is C20H25NO4. The van der Waals surface area contributed by atoms with Crippen LogP contribution in [0.3, 0.4) is 0 Å². The number of nitrogens with one attached hydrogen (secondary N) is 1. The summed E-state index contributed by atoms with van der Waals surface area (Å²) in [5.41, 5.74) is 2.86. The summed E-state index contributed by atoms with van der Waals surface area (Å²) >= 11 is 0. The minimum absolute atomic E-state index is 0.229. The quantitative estimate of drug-likeness (QED) is 0.822. The summed E-state index contributed by atoms with van der Waals surface area (Å²) in [5, 5.41) is 2.86. The van der Waals surface area contributed by atoms with Crippen molar-refractivity contribution >= 4 is 11.6 Å². The monoisotopic (exact) mass is 343 g/mol. The van der Waals surface area contributed by atoms with Gasteiger partial charge in [-0.05, 0) is 55.7 Å². The van der Waals surface area contributed by atoms with E-state index in [2.05, 4.69) is 5.32 Å². The number of methoxy groups -OCH3 is 2. The van der Waals surface area contributed by atoms with Crippen molar-refractivity contribution in [3.8, 4) is 17.2 Å². The molecule has 1 amide bonds. The number of carbonyl (C=O) groups excluding carboxylic acids is 1. The first-order chi connectivity index (χ1) is 12.0. The summed E-state index contributed by atoms with van der Waals surface area (Å²) in [5.74, 6) is 1.66. The molecule has 2 aromatic rings. The molecule has 1 atom stereocenters. The molecule has 0 radical (unpaired) electrons. The van der Waals surface area contributed by atoms with Crippen LogP contribution in [0.15, 0.2) is 36.4 Å². The number of hydrogen-bond acceptors (Lipinski definition) is 4. The van der Waals surface area contributed by atoms with Crippen LogP contribution in [-0.2, 0) is 4.79 Å². The Morgan fingerprint density at radius 3 is 2.32 bits per heavy atom. The van der Waals surface area contributed by atoms with Crippen molar-refractivity contribution in [1.29, 1.82) is 0 Å². The molecule has 0 bridgehead atoms. The van der Waals surface area contributed by atoms with E-state index in [0.29, 0.717) is 29.4 Å².